The van der Waals surface area contributed by atoms with Crippen LogP contribution in [-0.4, -0.2) is 23.9 Å². The Morgan fingerprint density at radius 1 is 1.73 bits per heavy atom. The fraction of sp³-hybridized carbons (Fsp3) is 0.429. The van der Waals surface area contributed by atoms with Gasteiger partial charge < -0.3 is 5.32 Å². The first-order chi connectivity index (χ1) is 5.38. The van der Waals surface area contributed by atoms with Crippen molar-refractivity contribution in [2.45, 2.75) is 0 Å². The largest absolute Gasteiger partial charge is 0.315 e. The molecule has 0 aromatic carbocycles. The van der Waals surface area contributed by atoms with Crippen molar-refractivity contribution in [3.8, 4) is 0 Å². The van der Waals surface area contributed by atoms with E-state index in [1.54, 1.807) is 11.7 Å². The molecule has 11 heavy (non-hydrogen) atoms. The molecular weight excluding hydrogens is 160 g/mol. The minimum Gasteiger partial charge on any atom is -0.315 e. The molecular formula is C7H8N2OS. The summed E-state index contributed by atoms with van der Waals surface area (Å²) in [5.41, 5.74) is 1.69. The second kappa shape index (κ2) is 2.71. The molecule has 0 saturated carbocycles. The van der Waals surface area contributed by atoms with Crippen molar-refractivity contribution >= 4 is 17.1 Å². The Kier molecular flexibility index (Phi) is 1.71. The first kappa shape index (κ1) is 6.94. The normalized spacial score (nSPS) is 17.8. The van der Waals surface area contributed by atoms with Crippen molar-refractivity contribution in [1.82, 2.24) is 10.3 Å². The Morgan fingerprint density at radius 3 is 3.00 bits per heavy atom. The third kappa shape index (κ3) is 1.19. The molecule has 1 aliphatic rings. The van der Waals surface area contributed by atoms with Crippen molar-refractivity contribution < 1.29 is 4.79 Å². The van der Waals surface area contributed by atoms with E-state index < -0.39 is 0 Å². The second-order valence-electron chi connectivity index (χ2n) is 2.59. The lowest BCUT2D eigenvalue weighted by Crippen LogP contribution is -2.46. The lowest BCUT2D eigenvalue weighted by molar-refractivity contribution is 0.0882. The van der Waals surface area contributed by atoms with Gasteiger partial charge in [-0.05, 0) is 0 Å². The number of carbonyl (C=O) groups excluding carboxylic acids is 1. The number of carbonyl (C=O) groups is 1. The van der Waals surface area contributed by atoms with Crippen molar-refractivity contribution in [2.24, 2.45) is 5.92 Å². The van der Waals surface area contributed by atoms with E-state index in [1.165, 1.54) is 11.3 Å². The van der Waals surface area contributed by atoms with Gasteiger partial charge in [0.25, 0.3) is 0 Å². The molecule has 0 bridgehead atoms. The molecule has 3 nitrogen and oxygen atoms in total. The van der Waals surface area contributed by atoms with Crippen LogP contribution in [0.15, 0.2) is 11.7 Å². The van der Waals surface area contributed by atoms with Crippen molar-refractivity contribution in [3.63, 3.8) is 0 Å². The Hall–Kier alpha value is -0.740. The zero-order valence-corrected chi connectivity index (χ0v) is 6.73. The average molecular weight is 168 g/mol. The van der Waals surface area contributed by atoms with E-state index in [0.29, 0.717) is 0 Å². The molecule has 1 saturated heterocycles. The smallest absolute Gasteiger partial charge is 0.180 e. The standard InChI is InChI=1S/C7H8N2OS/c10-7(5-1-8-2-5)6-3-9-4-11-6/h3-5,8H,1-2H2. The van der Waals surface area contributed by atoms with Gasteiger partial charge in [0.15, 0.2) is 5.78 Å². The summed E-state index contributed by atoms with van der Waals surface area (Å²) in [6.07, 6.45) is 1.64. The molecule has 1 N–H and O–H groups in total. The molecule has 2 heterocycles. The van der Waals surface area contributed by atoms with E-state index in [2.05, 4.69) is 10.3 Å². The summed E-state index contributed by atoms with van der Waals surface area (Å²) in [5.74, 6) is 0.446. The number of nitrogens with one attached hydrogen (secondary N) is 1. The number of nitrogens with zero attached hydrogens (tertiary/aromatic N) is 1. The van der Waals surface area contributed by atoms with Crippen LogP contribution in [0.4, 0.5) is 0 Å². The maximum Gasteiger partial charge on any atom is 0.180 e. The highest BCUT2D eigenvalue weighted by atomic mass is 32.1. The highest BCUT2D eigenvalue weighted by Crippen LogP contribution is 2.15. The topological polar surface area (TPSA) is 42.0 Å². The van der Waals surface area contributed by atoms with Gasteiger partial charge in [-0.3, -0.25) is 9.78 Å². The molecule has 0 radical (unpaired) electrons. The lowest BCUT2D eigenvalue weighted by atomic mass is 9.97. The molecule has 4 heteroatoms. The number of thiazole rings is 1. The lowest BCUT2D eigenvalue weighted by Gasteiger charge is -2.24. The predicted octanol–water partition coefficient (Wildman–Crippen LogP) is 0.545. The van der Waals surface area contributed by atoms with E-state index >= 15 is 0 Å². The second-order valence-corrected chi connectivity index (χ2v) is 3.47. The summed E-state index contributed by atoms with van der Waals surface area (Å²) in [6.45, 7) is 1.66. The van der Waals surface area contributed by atoms with Gasteiger partial charge in [0.2, 0.25) is 0 Å². The molecule has 0 amide bonds. The minimum atomic E-state index is 0.204. The molecule has 2 rings (SSSR count). The van der Waals surface area contributed by atoms with Crippen molar-refractivity contribution in [3.05, 3.63) is 16.6 Å². The van der Waals surface area contributed by atoms with E-state index in [-0.39, 0.29) is 11.7 Å². The van der Waals surface area contributed by atoms with Crippen LogP contribution < -0.4 is 5.32 Å². The molecule has 0 atom stereocenters. The van der Waals surface area contributed by atoms with Gasteiger partial charge in [-0.2, -0.15) is 0 Å². The summed E-state index contributed by atoms with van der Waals surface area (Å²) in [5, 5.41) is 3.07. The van der Waals surface area contributed by atoms with E-state index in [1.807, 2.05) is 0 Å². The fourth-order valence-corrected chi connectivity index (χ4v) is 1.65. The van der Waals surface area contributed by atoms with E-state index in [4.69, 9.17) is 0 Å². The van der Waals surface area contributed by atoms with Crippen LogP contribution in [0.3, 0.4) is 0 Å². The average Bonchev–Trinajstić information content (AvgIpc) is 2.32. The zero-order valence-electron chi connectivity index (χ0n) is 5.91. The summed E-state index contributed by atoms with van der Waals surface area (Å²) in [7, 11) is 0. The van der Waals surface area contributed by atoms with Gasteiger partial charge in [0.1, 0.15) is 0 Å². The Bertz CT molecular complexity index is 253. The van der Waals surface area contributed by atoms with Crippen LogP contribution in [0.25, 0.3) is 0 Å². The number of rotatable bonds is 2. The molecule has 1 fully saturated rings. The first-order valence-electron chi connectivity index (χ1n) is 3.51. The van der Waals surface area contributed by atoms with Gasteiger partial charge in [0, 0.05) is 25.2 Å². The summed E-state index contributed by atoms with van der Waals surface area (Å²) in [6, 6.07) is 0. The molecule has 0 aliphatic carbocycles. The quantitative estimate of drug-likeness (QED) is 0.655. The van der Waals surface area contributed by atoms with Crippen molar-refractivity contribution in [2.75, 3.05) is 13.1 Å². The summed E-state index contributed by atoms with van der Waals surface area (Å²) in [4.78, 5) is 16.1. The Labute approximate surface area is 68.5 Å². The summed E-state index contributed by atoms with van der Waals surface area (Å²) < 4.78 is 0. The monoisotopic (exact) mass is 168 g/mol. The van der Waals surface area contributed by atoms with Crippen molar-refractivity contribution in [1.29, 1.82) is 0 Å². The van der Waals surface area contributed by atoms with E-state index in [0.717, 1.165) is 18.0 Å². The SMILES string of the molecule is O=C(c1cncs1)C1CNC1. The van der Waals surface area contributed by atoms with Crippen LogP contribution >= 0.6 is 11.3 Å². The number of aromatic nitrogens is 1. The van der Waals surface area contributed by atoms with Gasteiger partial charge in [-0.15, -0.1) is 11.3 Å². The van der Waals surface area contributed by atoms with Gasteiger partial charge in [-0.1, -0.05) is 0 Å². The van der Waals surface area contributed by atoms with Crippen LogP contribution in [-0.2, 0) is 0 Å². The first-order valence-corrected chi connectivity index (χ1v) is 4.39. The molecule has 1 aromatic heterocycles. The highest BCUT2D eigenvalue weighted by molar-refractivity contribution is 7.11. The van der Waals surface area contributed by atoms with Gasteiger partial charge >= 0.3 is 0 Å². The molecule has 1 aromatic rings. The van der Waals surface area contributed by atoms with Gasteiger partial charge in [-0.25, -0.2) is 0 Å². The number of hydrogen-bond acceptors (Lipinski definition) is 4. The maximum absolute atomic E-state index is 11.4. The van der Waals surface area contributed by atoms with Crippen LogP contribution in [0, 0.1) is 5.92 Å². The number of ketones is 1. The van der Waals surface area contributed by atoms with Crippen LogP contribution in [0.2, 0.25) is 0 Å². The summed E-state index contributed by atoms with van der Waals surface area (Å²) >= 11 is 1.42. The Balaban J connectivity index is 2.10. The highest BCUT2D eigenvalue weighted by Gasteiger charge is 2.26. The zero-order chi connectivity index (χ0) is 7.68. The van der Waals surface area contributed by atoms with Crippen LogP contribution in [0.1, 0.15) is 9.67 Å². The Morgan fingerprint density at radius 2 is 2.55 bits per heavy atom. The molecule has 0 unspecified atom stereocenters. The fourth-order valence-electron chi connectivity index (χ4n) is 1.01. The van der Waals surface area contributed by atoms with E-state index in [9.17, 15) is 4.79 Å². The molecule has 0 spiro atoms. The van der Waals surface area contributed by atoms with Gasteiger partial charge in [0.05, 0.1) is 10.4 Å². The number of Topliss-reactive ketones (excluding diaryl/α,β-unsaturated/α-hetero) is 1. The minimum absolute atomic E-state index is 0.204. The third-order valence-corrected chi connectivity index (χ3v) is 2.62. The molecule has 1 aliphatic heterocycles. The predicted molar refractivity (Wildman–Crippen MR) is 42.8 cm³/mol. The maximum atomic E-state index is 11.4. The molecule has 58 valence electrons. The van der Waals surface area contributed by atoms with Crippen LogP contribution in [0.5, 0.6) is 0 Å². The number of hydrogen-bond donors (Lipinski definition) is 1. The third-order valence-electron chi connectivity index (χ3n) is 1.83.